The van der Waals surface area contributed by atoms with Crippen LogP contribution < -0.4 is 9.47 Å². The first kappa shape index (κ1) is 26.7. The molecule has 0 N–H and O–H groups in total. The molecule has 0 aromatic heterocycles. The minimum atomic E-state index is -1.02. The normalized spacial score (nSPS) is 15.4. The van der Waals surface area contributed by atoms with Crippen molar-refractivity contribution in [2.24, 2.45) is 0 Å². The van der Waals surface area contributed by atoms with Gasteiger partial charge in [-0.25, -0.2) is 13.2 Å². The highest BCUT2D eigenvalue weighted by molar-refractivity contribution is 5.67. The van der Waals surface area contributed by atoms with Crippen LogP contribution in [-0.2, 0) is 12.8 Å². The van der Waals surface area contributed by atoms with Crippen molar-refractivity contribution in [1.82, 2.24) is 0 Å². The van der Waals surface area contributed by atoms with Crippen molar-refractivity contribution >= 4 is 5.57 Å². The lowest BCUT2D eigenvalue weighted by molar-refractivity contribution is 0.312. The van der Waals surface area contributed by atoms with E-state index in [4.69, 9.17) is 9.47 Å². The summed E-state index contributed by atoms with van der Waals surface area (Å²) in [4.78, 5) is 0. The number of halogens is 5. The van der Waals surface area contributed by atoms with Gasteiger partial charge in [0.15, 0.2) is 23.1 Å². The zero-order chi connectivity index (χ0) is 26.5. The second-order valence-corrected chi connectivity index (χ2v) is 9.01. The highest BCUT2D eigenvalue weighted by Gasteiger charge is 2.24. The summed E-state index contributed by atoms with van der Waals surface area (Å²) in [5.41, 5.74) is 2.43. The predicted octanol–water partition coefficient (Wildman–Crippen LogP) is 8.32. The Morgan fingerprint density at radius 2 is 1.43 bits per heavy atom. The molecule has 0 heterocycles. The monoisotopic (exact) mass is 516 g/mol. The molecule has 1 aliphatic rings. The molecular formula is C30H29F5O2. The summed E-state index contributed by atoms with van der Waals surface area (Å²) in [7, 11) is 0. The van der Waals surface area contributed by atoms with Crippen molar-refractivity contribution in [3.63, 3.8) is 0 Å². The van der Waals surface area contributed by atoms with Crippen molar-refractivity contribution in [1.29, 1.82) is 0 Å². The molecule has 0 saturated carbocycles. The van der Waals surface area contributed by atoms with Crippen LogP contribution in [0, 0.1) is 29.1 Å². The molecule has 0 aliphatic heterocycles. The van der Waals surface area contributed by atoms with Gasteiger partial charge < -0.3 is 9.47 Å². The van der Waals surface area contributed by atoms with E-state index in [1.807, 2.05) is 6.08 Å². The van der Waals surface area contributed by atoms with Gasteiger partial charge in [0.05, 0.1) is 13.2 Å². The van der Waals surface area contributed by atoms with Crippen molar-refractivity contribution < 1.29 is 31.4 Å². The third kappa shape index (κ3) is 5.81. The first-order chi connectivity index (χ1) is 17.8. The fourth-order valence-corrected chi connectivity index (χ4v) is 4.78. The van der Waals surface area contributed by atoms with Crippen molar-refractivity contribution in [3.8, 4) is 11.5 Å². The van der Waals surface area contributed by atoms with Crippen molar-refractivity contribution in [3.05, 3.63) is 99.9 Å². The van der Waals surface area contributed by atoms with Crippen LogP contribution in [0.25, 0.3) is 5.57 Å². The molecule has 4 rings (SSSR count). The summed E-state index contributed by atoms with van der Waals surface area (Å²) in [5.74, 6) is -4.69. The lowest BCUT2D eigenvalue weighted by Gasteiger charge is -2.24. The molecule has 0 bridgehead atoms. The van der Waals surface area contributed by atoms with Crippen molar-refractivity contribution in [2.75, 3.05) is 13.2 Å². The Bertz CT molecular complexity index is 1300. The van der Waals surface area contributed by atoms with E-state index in [0.717, 1.165) is 5.57 Å². The lowest BCUT2D eigenvalue weighted by atomic mass is 9.82. The number of hydrogen-bond acceptors (Lipinski definition) is 2. The predicted molar refractivity (Wildman–Crippen MR) is 133 cm³/mol. The topological polar surface area (TPSA) is 18.5 Å². The Labute approximate surface area is 213 Å². The molecule has 37 heavy (non-hydrogen) atoms. The summed E-state index contributed by atoms with van der Waals surface area (Å²) in [6, 6.07) is 10.8. The van der Waals surface area contributed by atoms with E-state index in [1.54, 1.807) is 32.0 Å². The number of ether oxygens (including phenoxy) is 2. The van der Waals surface area contributed by atoms with Gasteiger partial charge in [0.25, 0.3) is 0 Å². The molecule has 0 radical (unpaired) electrons. The van der Waals surface area contributed by atoms with Gasteiger partial charge in [-0.3, -0.25) is 0 Å². The van der Waals surface area contributed by atoms with E-state index in [0.29, 0.717) is 42.4 Å². The molecule has 2 nitrogen and oxygen atoms in total. The minimum absolute atomic E-state index is 0.103. The highest BCUT2D eigenvalue weighted by atomic mass is 19.2. The quantitative estimate of drug-likeness (QED) is 0.266. The first-order valence-electron chi connectivity index (χ1n) is 12.5. The number of rotatable bonds is 9. The summed E-state index contributed by atoms with van der Waals surface area (Å²) in [6.07, 6.45) is 3.96. The molecule has 1 unspecified atom stereocenters. The lowest BCUT2D eigenvalue weighted by Crippen LogP contribution is -2.09. The van der Waals surface area contributed by atoms with Gasteiger partial charge in [-0.15, -0.1) is 0 Å². The Morgan fingerprint density at radius 3 is 2.05 bits per heavy atom. The SMILES string of the molecule is CCOc1ccc(CCc2ccc(C3=CCC(c4ccc(OCC)c(F)c4F)CC3)c(F)c2)c(F)c1F. The molecule has 0 saturated heterocycles. The molecular weight excluding hydrogens is 487 g/mol. The van der Waals surface area contributed by atoms with Crippen LogP contribution in [0.3, 0.4) is 0 Å². The zero-order valence-electron chi connectivity index (χ0n) is 20.9. The fraction of sp³-hybridized carbons (Fsp3) is 0.333. The van der Waals surface area contributed by atoms with E-state index in [-0.39, 0.29) is 42.6 Å². The van der Waals surface area contributed by atoms with Crippen LogP contribution in [-0.4, -0.2) is 13.2 Å². The average Bonchev–Trinajstić information content (AvgIpc) is 2.90. The largest absolute Gasteiger partial charge is 0.491 e. The van der Waals surface area contributed by atoms with Crippen LogP contribution in [0.5, 0.6) is 11.5 Å². The van der Waals surface area contributed by atoms with Gasteiger partial charge in [-0.1, -0.05) is 30.3 Å². The van der Waals surface area contributed by atoms with Gasteiger partial charge in [-0.2, -0.15) is 8.78 Å². The van der Waals surface area contributed by atoms with Gasteiger partial charge in [0.1, 0.15) is 5.82 Å². The maximum absolute atomic E-state index is 15.0. The van der Waals surface area contributed by atoms with Gasteiger partial charge in [0.2, 0.25) is 11.6 Å². The fourth-order valence-electron chi connectivity index (χ4n) is 4.78. The summed E-state index contributed by atoms with van der Waals surface area (Å²) < 4.78 is 82.5. The molecule has 1 atom stereocenters. The molecule has 1 aliphatic carbocycles. The molecule has 7 heteroatoms. The standard InChI is InChI=1S/C30H29F5O2/c1-3-36-25-15-12-21(27(32)29(25)34)7-5-18-6-13-22(24(31)17-18)19-8-10-20(11-9-19)23-14-16-26(37-4-2)30(35)28(23)33/h6,8,12-17,20H,3-5,7,9-11H2,1-2H3. The number of hydrogen-bond donors (Lipinski definition) is 0. The van der Waals surface area contributed by atoms with E-state index in [9.17, 15) is 22.0 Å². The smallest absolute Gasteiger partial charge is 0.200 e. The number of allylic oxidation sites excluding steroid dienone is 2. The van der Waals surface area contributed by atoms with Gasteiger partial charge in [-0.05, 0) is 92.3 Å². The Morgan fingerprint density at radius 1 is 0.757 bits per heavy atom. The maximum Gasteiger partial charge on any atom is 0.200 e. The van der Waals surface area contributed by atoms with Crippen LogP contribution in [0.1, 0.15) is 61.3 Å². The van der Waals surface area contributed by atoms with Crippen LogP contribution in [0.4, 0.5) is 22.0 Å². The van der Waals surface area contributed by atoms with E-state index >= 15 is 0 Å². The summed E-state index contributed by atoms with van der Waals surface area (Å²) in [5, 5.41) is 0. The van der Waals surface area contributed by atoms with Gasteiger partial charge >= 0.3 is 0 Å². The third-order valence-electron chi connectivity index (χ3n) is 6.72. The molecule has 3 aromatic carbocycles. The Kier molecular flexibility index (Phi) is 8.52. The molecule has 0 spiro atoms. The molecule has 3 aromatic rings. The molecule has 0 fully saturated rings. The Balaban J connectivity index is 1.43. The summed E-state index contributed by atoms with van der Waals surface area (Å²) in [6.45, 7) is 3.86. The molecule has 196 valence electrons. The van der Waals surface area contributed by atoms with Crippen molar-refractivity contribution in [2.45, 2.75) is 51.9 Å². The van der Waals surface area contributed by atoms with E-state index in [2.05, 4.69) is 0 Å². The van der Waals surface area contributed by atoms with Crippen LogP contribution in [0.15, 0.2) is 48.5 Å². The minimum Gasteiger partial charge on any atom is -0.491 e. The van der Waals surface area contributed by atoms with E-state index in [1.165, 1.54) is 24.3 Å². The second-order valence-electron chi connectivity index (χ2n) is 9.01. The summed E-state index contributed by atoms with van der Waals surface area (Å²) >= 11 is 0. The third-order valence-corrected chi connectivity index (χ3v) is 6.72. The second kappa shape index (κ2) is 11.8. The number of aryl methyl sites for hydroxylation is 2. The zero-order valence-corrected chi connectivity index (χ0v) is 20.9. The molecule has 0 amide bonds. The van der Waals surface area contributed by atoms with Crippen LogP contribution >= 0.6 is 0 Å². The van der Waals surface area contributed by atoms with Gasteiger partial charge in [0, 0.05) is 5.56 Å². The average molecular weight is 517 g/mol. The Hall–Kier alpha value is -3.35. The van der Waals surface area contributed by atoms with Crippen LogP contribution in [0.2, 0.25) is 0 Å². The first-order valence-corrected chi connectivity index (χ1v) is 12.5. The number of benzene rings is 3. The highest BCUT2D eigenvalue weighted by Crippen LogP contribution is 2.39. The van der Waals surface area contributed by atoms with E-state index < -0.39 is 29.1 Å². The maximum atomic E-state index is 15.0.